The van der Waals surface area contributed by atoms with Crippen LogP contribution < -0.4 is 15.4 Å². The number of hydrogen-bond donors (Lipinski definition) is 2. The fourth-order valence-corrected chi connectivity index (χ4v) is 3.31. The largest absolute Gasteiger partial charge is 0.496 e. The molecule has 1 aliphatic carbocycles. The quantitative estimate of drug-likeness (QED) is 0.846. The average molecular weight is 368 g/mol. The molecule has 6 nitrogen and oxygen atoms in total. The fraction of sp³-hybridized carbons (Fsp3) is 0.350. The molecule has 140 valence electrons. The van der Waals surface area contributed by atoms with E-state index in [-0.39, 0.29) is 12.1 Å². The molecule has 1 saturated carbocycles. The molecule has 1 fully saturated rings. The number of methoxy groups -OCH3 is 1. The van der Waals surface area contributed by atoms with Crippen LogP contribution in [0.4, 0.5) is 15.0 Å². The Balaban J connectivity index is 1.83. The van der Waals surface area contributed by atoms with Crippen molar-refractivity contribution in [3.63, 3.8) is 0 Å². The molecule has 0 radical (unpaired) electrons. The minimum atomic E-state index is -0.437. The number of nitrogens with one attached hydrogen (secondary N) is 2. The Labute approximate surface area is 157 Å². The Morgan fingerprint density at radius 2 is 2.04 bits per heavy atom. The van der Waals surface area contributed by atoms with Crippen LogP contribution in [0.25, 0.3) is 11.1 Å². The number of urea groups is 1. The Bertz CT molecular complexity index is 873. The highest BCUT2D eigenvalue weighted by molar-refractivity contribution is 5.90. The zero-order chi connectivity index (χ0) is 19.2. The van der Waals surface area contributed by atoms with Crippen LogP contribution >= 0.6 is 0 Å². The summed E-state index contributed by atoms with van der Waals surface area (Å²) in [4.78, 5) is 16.4. The van der Waals surface area contributed by atoms with E-state index in [0.29, 0.717) is 28.3 Å². The highest BCUT2D eigenvalue weighted by Crippen LogP contribution is 2.33. The van der Waals surface area contributed by atoms with Crippen LogP contribution in [0.5, 0.6) is 5.75 Å². The first-order chi connectivity index (χ1) is 13.1. The van der Waals surface area contributed by atoms with Gasteiger partial charge in [-0.05, 0) is 31.0 Å². The van der Waals surface area contributed by atoms with Gasteiger partial charge in [-0.2, -0.15) is 5.26 Å². The molecular weight excluding hydrogens is 347 g/mol. The number of aromatic nitrogens is 1. The molecule has 27 heavy (non-hydrogen) atoms. The first kappa shape index (κ1) is 18.6. The van der Waals surface area contributed by atoms with Crippen molar-refractivity contribution in [3.05, 3.63) is 41.8 Å². The van der Waals surface area contributed by atoms with Crippen molar-refractivity contribution in [2.75, 3.05) is 12.4 Å². The zero-order valence-electron chi connectivity index (χ0n) is 15.1. The first-order valence-corrected chi connectivity index (χ1v) is 8.92. The van der Waals surface area contributed by atoms with E-state index in [1.54, 1.807) is 6.07 Å². The summed E-state index contributed by atoms with van der Waals surface area (Å²) in [6, 6.07) is 7.59. The van der Waals surface area contributed by atoms with Crippen molar-refractivity contribution in [1.82, 2.24) is 10.3 Å². The van der Waals surface area contributed by atoms with E-state index >= 15 is 0 Å². The number of nitriles is 1. The van der Waals surface area contributed by atoms with Gasteiger partial charge in [0.05, 0.1) is 12.7 Å². The van der Waals surface area contributed by atoms with E-state index in [4.69, 9.17) is 4.74 Å². The number of hydrogen-bond acceptors (Lipinski definition) is 4. The van der Waals surface area contributed by atoms with Gasteiger partial charge < -0.3 is 10.1 Å². The smallest absolute Gasteiger partial charge is 0.320 e. The summed E-state index contributed by atoms with van der Waals surface area (Å²) in [7, 11) is 1.43. The lowest BCUT2D eigenvalue weighted by Gasteiger charge is -2.22. The minimum absolute atomic E-state index is 0.175. The fourth-order valence-electron chi connectivity index (χ4n) is 3.31. The molecular formula is C20H21FN4O2. The van der Waals surface area contributed by atoms with Crippen LogP contribution in [0.2, 0.25) is 0 Å². The molecule has 7 heteroatoms. The number of benzene rings is 1. The summed E-state index contributed by atoms with van der Waals surface area (Å²) >= 11 is 0. The molecule has 0 bridgehead atoms. The second-order valence-corrected chi connectivity index (χ2v) is 6.50. The third-order valence-electron chi connectivity index (χ3n) is 4.66. The van der Waals surface area contributed by atoms with E-state index < -0.39 is 5.82 Å². The molecule has 1 aliphatic rings. The van der Waals surface area contributed by atoms with Crippen LogP contribution in [0, 0.1) is 17.1 Å². The maximum atomic E-state index is 13.5. The molecule has 0 atom stereocenters. The van der Waals surface area contributed by atoms with Crippen LogP contribution in [-0.2, 0) is 0 Å². The van der Waals surface area contributed by atoms with E-state index in [1.165, 1.54) is 37.9 Å². The van der Waals surface area contributed by atoms with Gasteiger partial charge in [0.2, 0.25) is 0 Å². The normalized spacial score (nSPS) is 14.3. The summed E-state index contributed by atoms with van der Waals surface area (Å²) in [6.07, 6.45) is 6.79. The highest BCUT2D eigenvalue weighted by atomic mass is 19.1. The SMILES string of the molecule is COc1cc(F)ccc1-c1cc(NC(=O)NC2CCCCC2)ncc1C#N. The van der Waals surface area contributed by atoms with Crippen molar-refractivity contribution in [3.8, 4) is 22.9 Å². The number of carbonyl (C=O) groups is 1. The Morgan fingerprint density at radius 3 is 2.74 bits per heavy atom. The Kier molecular flexibility index (Phi) is 5.87. The predicted octanol–water partition coefficient (Wildman–Crippen LogP) is 4.22. The summed E-state index contributed by atoms with van der Waals surface area (Å²) in [6.45, 7) is 0. The number of rotatable bonds is 4. The lowest BCUT2D eigenvalue weighted by Crippen LogP contribution is -2.39. The van der Waals surface area contributed by atoms with Crippen LogP contribution in [0.3, 0.4) is 0 Å². The van der Waals surface area contributed by atoms with Gasteiger partial charge in [-0.25, -0.2) is 14.2 Å². The number of ether oxygens (including phenoxy) is 1. The lowest BCUT2D eigenvalue weighted by atomic mass is 9.96. The van der Waals surface area contributed by atoms with Gasteiger partial charge in [-0.15, -0.1) is 0 Å². The molecule has 0 aliphatic heterocycles. The molecule has 2 amide bonds. The topological polar surface area (TPSA) is 87.0 Å². The monoisotopic (exact) mass is 368 g/mol. The van der Waals surface area contributed by atoms with Crippen molar-refractivity contribution in [1.29, 1.82) is 5.26 Å². The molecule has 1 aromatic heterocycles. The van der Waals surface area contributed by atoms with Crippen LogP contribution in [0.15, 0.2) is 30.5 Å². The van der Waals surface area contributed by atoms with Crippen LogP contribution in [-0.4, -0.2) is 24.2 Å². The Hall–Kier alpha value is -3.14. The van der Waals surface area contributed by atoms with Crippen molar-refractivity contribution in [2.45, 2.75) is 38.1 Å². The third kappa shape index (κ3) is 4.53. The summed E-state index contributed by atoms with van der Waals surface area (Å²) in [5, 5.41) is 15.1. The molecule has 2 aromatic rings. The molecule has 2 N–H and O–H groups in total. The second kappa shape index (κ2) is 8.49. The minimum Gasteiger partial charge on any atom is -0.496 e. The number of amides is 2. The predicted molar refractivity (Wildman–Crippen MR) is 99.9 cm³/mol. The summed E-state index contributed by atoms with van der Waals surface area (Å²) in [5.74, 6) is 0.173. The van der Waals surface area contributed by atoms with Crippen LogP contribution in [0.1, 0.15) is 37.7 Å². The van der Waals surface area contributed by atoms with Crippen molar-refractivity contribution < 1.29 is 13.9 Å². The maximum Gasteiger partial charge on any atom is 0.320 e. The van der Waals surface area contributed by atoms with Gasteiger partial charge in [0.1, 0.15) is 23.5 Å². The molecule has 0 unspecified atom stereocenters. The molecule has 3 rings (SSSR count). The molecule has 1 aromatic carbocycles. The molecule has 0 spiro atoms. The summed E-state index contributed by atoms with van der Waals surface area (Å²) in [5.41, 5.74) is 1.36. The lowest BCUT2D eigenvalue weighted by molar-refractivity contribution is 0.244. The molecule has 1 heterocycles. The Morgan fingerprint density at radius 1 is 1.26 bits per heavy atom. The van der Waals surface area contributed by atoms with Crippen molar-refractivity contribution in [2.24, 2.45) is 0 Å². The number of pyridine rings is 1. The maximum absolute atomic E-state index is 13.5. The van der Waals surface area contributed by atoms with Gasteiger partial charge in [0.15, 0.2) is 0 Å². The number of nitrogens with zero attached hydrogens (tertiary/aromatic N) is 2. The van der Waals surface area contributed by atoms with Gasteiger partial charge in [0, 0.05) is 29.4 Å². The second-order valence-electron chi connectivity index (χ2n) is 6.50. The number of anilines is 1. The van der Waals surface area contributed by atoms with E-state index in [2.05, 4.69) is 21.7 Å². The average Bonchev–Trinajstić information content (AvgIpc) is 2.68. The molecule has 0 saturated heterocycles. The van der Waals surface area contributed by atoms with E-state index in [0.717, 1.165) is 25.7 Å². The van der Waals surface area contributed by atoms with E-state index in [1.807, 2.05) is 0 Å². The number of carbonyl (C=O) groups excluding carboxylic acids is 1. The van der Waals surface area contributed by atoms with Gasteiger partial charge in [-0.3, -0.25) is 5.32 Å². The summed E-state index contributed by atoms with van der Waals surface area (Å²) < 4.78 is 18.7. The highest BCUT2D eigenvalue weighted by Gasteiger charge is 2.17. The van der Waals surface area contributed by atoms with Gasteiger partial charge >= 0.3 is 6.03 Å². The van der Waals surface area contributed by atoms with Gasteiger partial charge in [-0.1, -0.05) is 19.3 Å². The first-order valence-electron chi connectivity index (χ1n) is 8.92. The third-order valence-corrected chi connectivity index (χ3v) is 4.66. The standard InChI is InChI=1S/C20H21FN4O2/c1-27-18-9-14(21)7-8-16(18)17-10-19(23-12-13(17)11-22)25-20(26)24-15-5-3-2-4-6-15/h7-10,12,15H,2-6H2,1H3,(H2,23,24,25,26). The van der Waals surface area contributed by atoms with E-state index in [9.17, 15) is 14.4 Å². The number of halogens is 1. The van der Waals surface area contributed by atoms with Gasteiger partial charge in [0.25, 0.3) is 0 Å². The zero-order valence-corrected chi connectivity index (χ0v) is 15.1. The van der Waals surface area contributed by atoms with Crippen molar-refractivity contribution >= 4 is 11.8 Å².